The zero-order valence-corrected chi connectivity index (χ0v) is 15.2. The number of rotatable bonds is 4. The zero-order chi connectivity index (χ0) is 18.6. The van der Waals surface area contributed by atoms with E-state index in [1.165, 1.54) is 33.5 Å². The quantitative estimate of drug-likeness (QED) is 0.642. The van der Waals surface area contributed by atoms with Crippen molar-refractivity contribution in [3.8, 4) is 34.8 Å². The molecule has 2 rings (SSSR count). The Balaban J connectivity index is 2.43. The van der Waals surface area contributed by atoms with Crippen molar-refractivity contribution in [3.05, 3.63) is 45.4 Å². The van der Waals surface area contributed by atoms with Crippen LogP contribution in [0.15, 0.2) is 24.3 Å². The highest BCUT2D eigenvalue weighted by atomic mass is 35.5. The van der Waals surface area contributed by atoms with Crippen molar-refractivity contribution in [1.29, 1.82) is 0 Å². The molecule has 0 atom stereocenters. The van der Waals surface area contributed by atoms with Gasteiger partial charge in [-0.15, -0.1) is 0 Å². The van der Waals surface area contributed by atoms with Crippen molar-refractivity contribution in [1.82, 2.24) is 0 Å². The molecule has 0 bridgehead atoms. The van der Waals surface area contributed by atoms with Gasteiger partial charge in [0.2, 0.25) is 11.5 Å². The van der Waals surface area contributed by atoms with Crippen LogP contribution in [0.4, 0.5) is 0 Å². The molecule has 0 saturated carbocycles. The molecule has 130 valence electrons. The molecule has 0 fully saturated rings. The highest BCUT2D eigenvalue weighted by Crippen LogP contribution is 2.38. The third-order valence-electron chi connectivity index (χ3n) is 3.26. The van der Waals surface area contributed by atoms with Crippen LogP contribution in [-0.4, -0.2) is 32.2 Å². The van der Waals surface area contributed by atoms with Crippen LogP contribution in [0.3, 0.4) is 0 Å². The Bertz CT molecular complexity index is 856. The van der Waals surface area contributed by atoms with Crippen LogP contribution in [0.25, 0.3) is 0 Å². The smallest absolute Gasteiger partial charge is 0.240 e. The first-order chi connectivity index (χ1) is 11.9. The molecule has 0 aliphatic rings. The van der Waals surface area contributed by atoms with Gasteiger partial charge < -0.3 is 19.3 Å². The summed E-state index contributed by atoms with van der Waals surface area (Å²) in [5, 5.41) is 10.1. The van der Waals surface area contributed by atoms with E-state index in [9.17, 15) is 9.90 Å². The van der Waals surface area contributed by atoms with Gasteiger partial charge in [0.15, 0.2) is 11.5 Å². The van der Waals surface area contributed by atoms with E-state index in [0.29, 0.717) is 22.8 Å². The number of phenols is 1. The van der Waals surface area contributed by atoms with E-state index in [1.807, 2.05) is 0 Å². The number of hydrogen-bond donors (Lipinski definition) is 1. The number of aromatic hydroxyl groups is 1. The summed E-state index contributed by atoms with van der Waals surface area (Å²) in [4.78, 5) is 12.2. The Labute approximate surface area is 155 Å². The number of ketones is 1. The summed E-state index contributed by atoms with van der Waals surface area (Å²) in [5.41, 5.74) is 0.396. The molecule has 2 aromatic carbocycles. The Morgan fingerprint density at radius 2 is 1.60 bits per heavy atom. The predicted octanol–water partition coefficient (Wildman–Crippen LogP) is 3.96. The van der Waals surface area contributed by atoms with E-state index < -0.39 is 5.78 Å². The van der Waals surface area contributed by atoms with Crippen LogP contribution in [0.2, 0.25) is 10.0 Å². The lowest BCUT2D eigenvalue weighted by atomic mass is 10.1. The minimum Gasteiger partial charge on any atom is -0.506 e. The SMILES string of the molecule is COc1cc(C#CC(=O)c2cc(Cl)cc(Cl)c2O)cc(OC)c1OC. The van der Waals surface area contributed by atoms with E-state index in [0.717, 1.165) is 0 Å². The van der Waals surface area contributed by atoms with Gasteiger partial charge in [-0.2, -0.15) is 0 Å². The minimum atomic E-state index is -0.629. The highest BCUT2D eigenvalue weighted by molar-refractivity contribution is 6.36. The molecular weight excluding hydrogens is 367 g/mol. The van der Waals surface area contributed by atoms with Gasteiger partial charge >= 0.3 is 0 Å². The lowest BCUT2D eigenvalue weighted by Gasteiger charge is -2.12. The van der Waals surface area contributed by atoms with Gasteiger partial charge in [-0.3, -0.25) is 4.79 Å². The molecule has 0 aliphatic heterocycles. The first kappa shape index (κ1) is 18.8. The molecule has 2 aromatic rings. The molecule has 0 radical (unpaired) electrons. The van der Waals surface area contributed by atoms with Crippen molar-refractivity contribution >= 4 is 29.0 Å². The van der Waals surface area contributed by atoms with Gasteiger partial charge in [-0.25, -0.2) is 0 Å². The fraction of sp³-hybridized carbons (Fsp3) is 0.167. The first-order valence-corrected chi connectivity index (χ1v) is 7.71. The van der Waals surface area contributed by atoms with E-state index in [4.69, 9.17) is 37.4 Å². The maximum atomic E-state index is 12.2. The van der Waals surface area contributed by atoms with Crippen LogP contribution >= 0.6 is 23.2 Å². The van der Waals surface area contributed by atoms with Crippen molar-refractivity contribution in [2.75, 3.05) is 21.3 Å². The van der Waals surface area contributed by atoms with Crippen molar-refractivity contribution in [2.24, 2.45) is 0 Å². The summed E-state index contributed by atoms with van der Waals surface area (Å²) in [6.45, 7) is 0. The Morgan fingerprint density at radius 3 is 2.12 bits per heavy atom. The summed E-state index contributed by atoms with van der Waals surface area (Å²) < 4.78 is 15.7. The lowest BCUT2D eigenvalue weighted by molar-refractivity contribution is 0.105. The molecule has 0 aromatic heterocycles. The maximum Gasteiger partial charge on any atom is 0.240 e. The number of carbonyl (C=O) groups excluding carboxylic acids is 1. The first-order valence-electron chi connectivity index (χ1n) is 6.95. The molecule has 7 heteroatoms. The highest BCUT2D eigenvalue weighted by Gasteiger charge is 2.15. The van der Waals surface area contributed by atoms with Crippen LogP contribution in [0.5, 0.6) is 23.0 Å². The molecule has 0 saturated heterocycles. The lowest BCUT2D eigenvalue weighted by Crippen LogP contribution is -1.98. The monoisotopic (exact) mass is 380 g/mol. The molecule has 0 aliphatic carbocycles. The summed E-state index contributed by atoms with van der Waals surface area (Å²) in [6, 6.07) is 5.84. The third-order valence-corrected chi connectivity index (χ3v) is 3.76. The second kappa shape index (κ2) is 8.02. The van der Waals surface area contributed by atoms with Gasteiger partial charge in [0.25, 0.3) is 0 Å². The predicted molar refractivity (Wildman–Crippen MR) is 95.4 cm³/mol. The summed E-state index contributed by atoms with van der Waals surface area (Å²) in [7, 11) is 4.44. The fourth-order valence-electron chi connectivity index (χ4n) is 2.09. The summed E-state index contributed by atoms with van der Waals surface area (Å²) in [6.07, 6.45) is 0. The van der Waals surface area contributed by atoms with Crippen LogP contribution < -0.4 is 14.2 Å². The van der Waals surface area contributed by atoms with Crippen LogP contribution in [0.1, 0.15) is 15.9 Å². The number of hydrogen-bond acceptors (Lipinski definition) is 5. The van der Waals surface area contributed by atoms with Gasteiger partial charge in [0, 0.05) is 10.6 Å². The molecule has 0 unspecified atom stereocenters. The third kappa shape index (κ3) is 4.11. The molecule has 0 heterocycles. The normalized spacial score (nSPS) is 9.80. The minimum absolute atomic E-state index is 0.0227. The number of benzene rings is 2. The molecule has 0 amide bonds. The van der Waals surface area contributed by atoms with Gasteiger partial charge in [0.05, 0.1) is 31.9 Å². The largest absolute Gasteiger partial charge is 0.506 e. The van der Waals surface area contributed by atoms with Gasteiger partial charge in [-0.05, 0) is 30.2 Å². The van der Waals surface area contributed by atoms with Crippen LogP contribution in [0, 0.1) is 11.8 Å². The van der Waals surface area contributed by atoms with E-state index in [1.54, 1.807) is 12.1 Å². The van der Waals surface area contributed by atoms with Crippen LogP contribution in [-0.2, 0) is 0 Å². The standard InChI is InChI=1S/C18H14Cl2O5/c1-23-15-6-10(7-16(24-2)18(15)25-3)4-5-14(21)12-8-11(19)9-13(20)17(12)22/h6-9,22H,1-3H3. The molecule has 1 N–H and O–H groups in total. The summed E-state index contributed by atoms with van der Waals surface area (Å²) >= 11 is 11.7. The average molecular weight is 381 g/mol. The van der Waals surface area contributed by atoms with E-state index >= 15 is 0 Å². The number of ether oxygens (including phenoxy) is 3. The molecule has 25 heavy (non-hydrogen) atoms. The van der Waals surface area contributed by atoms with E-state index in [-0.39, 0.29) is 21.4 Å². The second-order valence-electron chi connectivity index (χ2n) is 4.78. The molecule has 5 nitrogen and oxygen atoms in total. The molecule has 0 spiro atoms. The Hall–Kier alpha value is -2.55. The molecular formula is C18H14Cl2O5. The summed E-state index contributed by atoms with van der Waals surface area (Å²) in [5.74, 6) is 5.37. The van der Waals surface area contributed by atoms with Gasteiger partial charge in [-0.1, -0.05) is 29.1 Å². The number of carbonyl (C=O) groups is 1. The topological polar surface area (TPSA) is 65.0 Å². The number of methoxy groups -OCH3 is 3. The fourth-order valence-corrected chi connectivity index (χ4v) is 2.58. The number of Topliss-reactive ketones (excluding diaryl/α,β-unsaturated/α-hetero) is 1. The van der Waals surface area contributed by atoms with Gasteiger partial charge in [0.1, 0.15) is 5.75 Å². The maximum absolute atomic E-state index is 12.2. The Kier molecular flexibility index (Phi) is 6.02. The number of phenolic OH excluding ortho intramolecular Hbond substituents is 1. The van der Waals surface area contributed by atoms with Crippen molar-refractivity contribution in [2.45, 2.75) is 0 Å². The second-order valence-corrected chi connectivity index (χ2v) is 5.62. The zero-order valence-electron chi connectivity index (χ0n) is 13.6. The van der Waals surface area contributed by atoms with E-state index in [2.05, 4.69) is 11.8 Å². The average Bonchev–Trinajstić information content (AvgIpc) is 2.61. The number of halogens is 2. The Morgan fingerprint density at radius 1 is 1.00 bits per heavy atom. The van der Waals surface area contributed by atoms with Crippen molar-refractivity contribution in [3.63, 3.8) is 0 Å². The van der Waals surface area contributed by atoms with Crippen molar-refractivity contribution < 1.29 is 24.1 Å².